The van der Waals surface area contributed by atoms with Gasteiger partial charge in [-0.15, -0.1) is 0 Å². The zero-order chi connectivity index (χ0) is 18.5. The summed E-state index contributed by atoms with van der Waals surface area (Å²) in [6.45, 7) is 8.18. The van der Waals surface area contributed by atoms with Gasteiger partial charge in [0.05, 0.1) is 19.8 Å². The molecule has 1 saturated carbocycles. The van der Waals surface area contributed by atoms with E-state index in [2.05, 4.69) is 4.90 Å². The fourth-order valence-corrected chi connectivity index (χ4v) is 4.34. The monoisotopic (exact) mass is 361 g/mol. The number of carbonyl (C=O) groups excluding carboxylic acids is 1. The predicted molar refractivity (Wildman–Crippen MR) is 101 cm³/mol. The lowest BCUT2D eigenvalue weighted by molar-refractivity contribution is 0.0689. The molecule has 2 aliphatic rings. The highest BCUT2D eigenvalue weighted by Crippen LogP contribution is 2.41. The maximum Gasteiger partial charge on any atom is 0.254 e. The molecule has 0 N–H and O–H groups in total. The standard InChI is InChI=1S/C21H31NO4/c1-4-24-18-13-16(14-19(25-5-2)20(18)26-6-3)21(23)22-12-11-15-9-7-8-10-17(15)22/h13-15,17H,4-12H2,1-3H3. The maximum atomic E-state index is 13.3. The lowest BCUT2D eigenvalue weighted by Gasteiger charge is -2.32. The molecule has 2 fully saturated rings. The summed E-state index contributed by atoms with van der Waals surface area (Å²) >= 11 is 0. The summed E-state index contributed by atoms with van der Waals surface area (Å²) < 4.78 is 17.3. The van der Waals surface area contributed by atoms with Crippen LogP contribution in [0.5, 0.6) is 17.2 Å². The molecule has 3 rings (SSSR count). The maximum absolute atomic E-state index is 13.3. The van der Waals surface area contributed by atoms with Gasteiger partial charge in [-0.25, -0.2) is 0 Å². The molecule has 2 atom stereocenters. The number of hydrogen-bond acceptors (Lipinski definition) is 4. The summed E-state index contributed by atoms with van der Waals surface area (Å²) in [5.41, 5.74) is 0.631. The zero-order valence-electron chi connectivity index (χ0n) is 16.3. The second-order valence-corrected chi connectivity index (χ2v) is 7.00. The number of likely N-dealkylation sites (tertiary alicyclic amines) is 1. The van der Waals surface area contributed by atoms with Crippen molar-refractivity contribution in [3.8, 4) is 17.2 Å². The average Bonchev–Trinajstić information content (AvgIpc) is 3.08. The van der Waals surface area contributed by atoms with Crippen molar-refractivity contribution in [2.45, 2.75) is 58.9 Å². The van der Waals surface area contributed by atoms with Crippen molar-refractivity contribution < 1.29 is 19.0 Å². The highest BCUT2D eigenvalue weighted by atomic mass is 16.5. The fraction of sp³-hybridized carbons (Fsp3) is 0.667. The van der Waals surface area contributed by atoms with E-state index in [1.165, 1.54) is 19.3 Å². The first-order valence-corrected chi connectivity index (χ1v) is 10.1. The first kappa shape index (κ1) is 18.9. The Morgan fingerprint density at radius 1 is 0.962 bits per heavy atom. The molecule has 0 bridgehead atoms. The molecular weight excluding hydrogens is 330 g/mol. The Morgan fingerprint density at radius 2 is 1.58 bits per heavy atom. The normalized spacial score (nSPS) is 22.0. The highest BCUT2D eigenvalue weighted by Gasteiger charge is 2.38. The lowest BCUT2D eigenvalue weighted by atomic mass is 9.85. The van der Waals surface area contributed by atoms with E-state index in [1.807, 2.05) is 32.9 Å². The van der Waals surface area contributed by atoms with Crippen LogP contribution in [0.15, 0.2) is 12.1 Å². The molecule has 1 amide bonds. The van der Waals surface area contributed by atoms with Crippen LogP contribution in [0.2, 0.25) is 0 Å². The van der Waals surface area contributed by atoms with E-state index in [0.29, 0.717) is 54.6 Å². The number of amides is 1. The molecule has 5 heteroatoms. The van der Waals surface area contributed by atoms with Crippen molar-refractivity contribution in [2.75, 3.05) is 26.4 Å². The summed E-state index contributed by atoms with van der Waals surface area (Å²) in [5.74, 6) is 2.52. The predicted octanol–water partition coefficient (Wildman–Crippen LogP) is 4.29. The minimum atomic E-state index is 0.0874. The van der Waals surface area contributed by atoms with Gasteiger partial charge in [-0.2, -0.15) is 0 Å². The quantitative estimate of drug-likeness (QED) is 0.727. The van der Waals surface area contributed by atoms with Crippen LogP contribution < -0.4 is 14.2 Å². The van der Waals surface area contributed by atoms with Crippen LogP contribution in [0.3, 0.4) is 0 Å². The van der Waals surface area contributed by atoms with Gasteiger partial charge in [0.2, 0.25) is 5.75 Å². The number of benzene rings is 1. The zero-order valence-corrected chi connectivity index (χ0v) is 16.3. The Balaban J connectivity index is 1.91. The van der Waals surface area contributed by atoms with Gasteiger partial charge in [-0.05, 0) is 58.1 Å². The topological polar surface area (TPSA) is 48.0 Å². The number of carbonyl (C=O) groups is 1. The number of rotatable bonds is 7. The molecule has 144 valence electrons. The van der Waals surface area contributed by atoms with Crippen molar-refractivity contribution >= 4 is 5.91 Å². The summed E-state index contributed by atoms with van der Waals surface area (Å²) in [6.07, 6.45) is 6.04. The molecule has 1 heterocycles. The minimum Gasteiger partial charge on any atom is -0.490 e. The van der Waals surface area contributed by atoms with Gasteiger partial charge in [-0.1, -0.05) is 12.8 Å². The Bertz CT molecular complexity index is 603. The minimum absolute atomic E-state index is 0.0874. The van der Waals surface area contributed by atoms with Crippen molar-refractivity contribution in [1.82, 2.24) is 4.90 Å². The third kappa shape index (κ3) is 3.76. The number of hydrogen-bond donors (Lipinski definition) is 0. The van der Waals surface area contributed by atoms with E-state index < -0.39 is 0 Å². The number of nitrogens with zero attached hydrogens (tertiary/aromatic N) is 1. The van der Waals surface area contributed by atoms with Gasteiger partial charge in [0.15, 0.2) is 11.5 Å². The van der Waals surface area contributed by atoms with Crippen LogP contribution in [-0.4, -0.2) is 43.2 Å². The van der Waals surface area contributed by atoms with Crippen LogP contribution >= 0.6 is 0 Å². The van der Waals surface area contributed by atoms with E-state index in [1.54, 1.807) is 0 Å². The number of fused-ring (bicyclic) bond motifs is 1. The molecule has 0 spiro atoms. The SMILES string of the molecule is CCOc1cc(C(=O)N2CCC3CCCCC32)cc(OCC)c1OCC. The fourth-order valence-electron chi connectivity index (χ4n) is 4.34. The molecule has 0 radical (unpaired) electrons. The molecule has 1 aromatic carbocycles. The van der Waals surface area contributed by atoms with Crippen LogP contribution in [0, 0.1) is 5.92 Å². The van der Waals surface area contributed by atoms with Gasteiger partial charge >= 0.3 is 0 Å². The third-order valence-electron chi connectivity index (χ3n) is 5.43. The summed E-state index contributed by atoms with van der Waals surface area (Å²) in [4.78, 5) is 15.3. The van der Waals surface area contributed by atoms with E-state index in [9.17, 15) is 4.79 Å². The lowest BCUT2D eigenvalue weighted by Crippen LogP contribution is -2.39. The van der Waals surface area contributed by atoms with Crippen LogP contribution in [0.25, 0.3) is 0 Å². The molecule has 0 aromatic heterocycles. The molecule has 5 nitrogen and oxygen atoms in total. The summed E-state index contributed by atoms with van der Waals surface area (Å²) in [6, 6.07) is 4.03. The first-order chi connectivity index (χ1) is 12.7. The van der Waals surface area contributed by atoms with Crippen LogP contribution in [0.4, 0.5) is 0 Å². The smallest absolute Gasteiger partial charge is 0.254 e. The van der Waals surface area contributed by atoms with E-state index in [-0.39, 0.29) is 5.91 Å². The molecule has 1 saturated heterocycles. The molecule has 1 aliphatic heterocycles. The average molecular weight is 361 g/mol. The highest BCUT2D eigenvalue weighted by molar-refractivity contribution is 5.96. The first-order valence-electron chi connectivity index (χ1n) is 10.1. The van der Waals surface area contributed by atoms with Gasteiger partial charge < -0.3 is 19.1 Å². The Kier molecular flexibility index (Phi) is 6.28. The summed E-state index contributed by atoms with van der Waals surface area (Å²) in [5, 5.41) is 0. The van der Waals surface area contributed by atoms with Crippen LogP contribution in [0.1, 0.15) is 63.2 Å². The molecule has 26 heavy (non-hydrogen) atoms. The molecule has 1 aliphatic carbocycles. The van der Waals surface area contributed by atoms with Crippen molar-refractivity contribution in [3.63, 3.8) is 0 Å². The van der Waals surface area contributed by atoms with Gasteiger partial charge in [0, 0.05) is 18.2 Å². The second-order valence-electron chi connectivity index (χ2n) is 7.00. The molecule has 2 unspecified atom stereocenters. The summed E-state index contributed by atoms with van der Waals surface area (Å²) in [7, 11) is 0. The largest absolute Gasteiger partial charge is 0.490 e. The van der Waals surface area contributed by atoms with Gasteiger partial charge in [-0.3, -0.25) is 4.79 Å². The van der Waals surface area contributed by atoms with Crippen molar-refractivity contribution in [2.24, 2.45) is 5.92 Å². The Morgan fingerprint density at radius 3 is 2.19 bits per heavy atom. The van der Waals surface area contributed by atoms with Gasteiger partial charge in [0.25, 0.3) is 5.91 Å². The number of ether oxygens (including phenoxy) is 3. The van der Waals surface area contributed by atoms with E-state index >= 15 is 0 Å². The van der Waals surface area contributed by atoms with Crippen molar-refractivity contribution in [1.29, 1.82) is 0 Å². The molecule has 1 aromatic rings. The van der Waals surface area contributed by atoms with Crippen LogP contribution in [-0.2, 0) is 0 Å². The van der Waals surface area contributed by atoms with Gasteiger partial charge in [0.1, 0.15) is 0 Å². The van der Waals surface area contributed by atoms with Crippen molar-refractivity contribution in [3.05, 3.63) is 17.7 Å². The second kappa shape index (κ2) is 8.65. The Labute approximate surface area is 156 Å². The Hall–Kier alpha value is -1.91. The molecular formula is C21H31NO4. The third-order valence-corrected chi connectivity index (χ3v) is 5.43. The van der Waals surface area contributed by atoms with E-state index in [4.69, 9.17) is 14.2 Å². The van der Waals surface area contributed by atoms with E-state index in [0.717, 1.165) is 19.4 Å².